The van der Waals surface area contributed by atoms with Crippen molar-refractivity contribution in [3.63, 3.8) is 0 Å². The molecule has 0 aromatic carbocycles. The summed E-state index contributed by atoms with van der Waals surface area (Å²) in [7, 11) is 0. The molecule has 1 rings (SSSR count). The second-order valence-electron chi connectivity index (χ2n) is 3.60. The van der Waals surface area contributed by atoms with Crippen molar-refractivity contribution in [2.75, 3.05) is 6.26 Å². The molecule has 0 N–H and O–H groups in total. The first-order valence-corrected chi connectivity index (χ1v) is 6.09. The second kappa shape index (κ2) is 4.75. The molecule has 0 saturated carbocycles. The highest BCUT2D eigenvalue weighted by Gasteiger charge is 2.03. The van der Waals surface area contributed by atoms with Crippen molar-refractivity contribution in [2.45, 2.75) is 39.0 Å². The van der Waals surface area contributed by atoms with E-state index in [2.05, 4.69) is 43.7 Å². The molecule has 0 saturated heterocycles. The minimum absolute atomic E-state index is 0.765. The number of thioether (sulfide) groups is 1. The van der Waals surface area contributed by atoms with Gasteiger partial charge in [0.15, 0.2) is 0 Å². The van der Waals surface area contributed by atoms with E-state index < -0.39 is 0 Å². The predicted molar refractivity (Wildman–Crippen MR) is 61.5 cm³/mol. The standard InChI is InChI=1S/C11H19NS/c1-9-5-6-10(2)12(9)8-7-11(3)13-4/h5-6,11H,7-8H2,1-4H3. The van der Waals surface area contributed by atoms with Crippen molar-refractivity contribution in [3.05, 3.63) is 23.5 Å². The molecule has 74 valence electrons. The molecule has 1 heterocycles. The molecule has 2 heteroatoms. The summed E-state index contributed by atoms with van der Waals surface area (Å²) < 4.78 is 2.40. The number of aryl methyl sites for hydroxylation is 2. The van der Waals surface area contributed by atoms with Crippen molar-refractivity contribution in [1.82, 2.24) is 4.57 Å². The van der Waals surface area contributed by atoms with Crippen molar-refractivity contribution < 1.29 is 0 Å². The number of aromatic nitrogens is 1. The van der Waals surface area contributed by atoms with Gasteiger partial charge in [0.2, 0.25) is 0 Å². The van der Waals surface area contributed by atoms with Gasteiger partial charge in [-0.3, -0.25) is 0 Å². The summed E-state index contributed by atoms with van der Waals surface area (Å²) >= 11 is 1.95. The highest BCUT2D eigenvalue weighted by atomic mass is 32.2. The fourth-order valence-electron chi connectivity index (χ4n) is 1.48. The molecule has 0 bridgehead atoms. The molecule has 0 aliphatic carbocycles. The third kappa shape index (κ3) is 2.80. The smallest absolute Gasteiger partial charge is 0.0235 e. The lowest BCUT2D eigenvalue weighted by Crippen LogP contribution is -2.07. The molecular formula is C11H19NS. The first-order valence-electron chi connectivity index (χ1n) is 4.80. The molecule has 0 fully saturated rings. The molecule has 1 atom stereocenters. The largest absolute Gasteiger partial charge is 0.349 e. The summed E-state index contributed by atoms with van der Waals surface area (Å²) in [6.07, 6.45) is 3.44. The van der Waals surface area contributed by atoms with Gasteiger partial charge in [-0.1, -0.05) is 6.92 Å². The Morgan fingerprint density at radius 2 is 1.85 bits per heavy atom. The van der Waals surface area contributed by atoms with Crippen LogP contribution in [0.3, 0.4) is 0 Å². The van der Waals surface area contributed by atoms with Crippen LogP contribution in [0, 0.1) is 13.8 Å². The third-order valence-corrected chi connectivity index (χ3v) is 3.62. The van der Waals surface area contributed by atoms with Gasteiger partial charge in [0.05, 0.1) is 0 Å². The lowest BCUT2D eigenvalue weighted by molar-refractivity contribution is 0.617. The summed E-state index contributed by atoms with van der Waals surface area (Å²) in [5.74, 6) is 0. The number of nitrogens with zero attached hydrogens (tertiary/aromatic N) is 1. The Labute approximate surface area is 85.5 Å². The Bertz CT molecular complexity index is 246. The first kappa shape index (κ1) is 10.7. The van der Waals surface area contributed by atoms with Crippen molar-refractivity contribution >= 4 is 11.8 Å². The van der Waals surface area contributed by atoms with Gasteiger partial charge < -0.3 is 4.57 Å². The van der Waals surface area contributed by atoms with E-state index in [-0.39, 0.29) is 0 Å². The molecule has 0 aliphatic rings. The van der Waals surface area contributed by atoms with Crippen LogP contribution in [0.15, 0.2) is 12.1 Å². The van der Waals surface area contributed by atoms with Crippen molar-refractivity contribution in [1.29, 1.82) is 0 Å². The van der Waals surface area contributed by atoms with E-state index in [1.165, 1.54) is 17.8 Å². The fourth-order valence-corrected chi connectivity index (χ4v) is 1.82. The monoisotopic (exact) mass is 197 g/mol. The van der Waals surface area contributed by atoms with E-state index in [9.17, 15) is 0 Å². The van der Waals surface area contributed by atoms with Gasteiger partial charge in [-0.25, -0.2) is 0 Å². The number of hydrogen-bond donors (Lipinski definition) is 0. The topological polar surface area (TPSA) is 4.93 Å². The molecule has 1 nitrogen and oxygen atoms in total. The Balaban J connectivity index is 2.53. The summed E-state index contributed by atoms with van der Waals surface area (Å²) in [4.78, 5) is 0. The minimum Gasteiger partial charge on any atom is -0.349 e. The zero-order chi connectivity index (χ0) is 9.84. The maximum Gasteiger partial charge on any atom is 0.0235 e. The van der Waals surface area contributed by atoms with E-state index in [4.69, 9.17) is 0 Å². The van der Waals surface area contributed by atoms with Crippen LogP contribution in [0.25, 0.3) is 0 Å². The normalized spacial score (nSPS) is 13.2. The van der Waals surface area contributed by atoms with E-state index in [1.54, 1.807) is 0 Å². The van der Waals surface area contributed by atoms with E-state index >= 15 is 0 Å². The summed E-state index contributed by atoms with van der Waals surface area (Å²) in [6, 6.07) is 4.39. The van der Waals surface area contributed by atoms with Crippen LogP contribution in [0.1, 0.15) is 24.7 Å². The van der Waals surface area contributed by atoms with Gasteiger partial charge in [-0.05, 0) is 38.7 Å². The van der Waals surface area contributed by atoms with E-state index in [0.717, 1.165) is 11.8 Å². The van der Waals surface area contributed by atoms with Gasteiger partial charge >= 0.3 is 0 Å². The Morgan fingerprint density at radius 1 is 1.31 bits per heavy atom. The van der Waals surface area contributed by atoms with Gasteiger partial charge in [0, 0.05) is 23.2 Å². The van der Waals surface area contributed by atoms with Crippen LogP contribution >= 0.6 is 11.8 Å². The SMILES string of the molecule is CSC(C)CCn1c(C)ccc1C. The maximum atomic E-state index is 2.40. The molecule has 0 spiro atoms. The molecule has 0 amide bonds. The second-order valence-corrected chi connectivity index (χ2v) is 4.88. The quantitative estimate of drug-likeness (QED) is 0.717. The third-order valence-electron chi connectivity index (χ3n) is 2.58. The summed E-state index contributed by atoms with van der Waals surface area (Å²) in [6.45, 7) is 7.80. The molecule has 1 aromatic rings. The van der Waals surface area contributed by atoms with E-state index in [0.29, 0.717) is 0 Å². The molecule has 0 radical (unpaired) electrons. The van der Waals surface area contributed by atoms with Crippen LogP contribution in [0.2, 0.25) is 0 Å². The Kier molecular flexibility index (Phi) is 3.91. The summed E-state index contributed by atoms with van der Waals surface area (Å²) in [5, 5.41) is 0.765. The number of rotatable bonds is 4. The molecular weight excluding hydrogens is 178 g/mol. The Morgan fingerprint density at radius 3 is 2.31 bits per heavy atom. The lowest BCUT2D eigenvalue weighted by atomic mass is 10.3. The fraction of sp³-hybridized carbons (Fsp3) is 0.636. The molecule has 13 heavy (non-hydrogen) atoms. The van der Waals surface area contributed by atoms with Crippen molar-refractivity contribution in [2.24, 2.45) is 0 Å². The van der Waals surface area contributed by atoms with Crippen molar-refractivity contribution in [3.8, 4) is 0 Å². The Hall–Kier alpha value is -0.370. The lowest BCUT2D eigenvalue weighted by Gasteiger charge is -2.12. The van der Waals surface area contributed by atoms with Gasteiger partial charge in [-0.2, -0.15) is 11.8 Å². The van der Waals surface area contributed by atoms with Crippen LogP contribution in [0.4, 0.5) is 0 Å². The molecule has 1 aromatic heterocycles. The van der Waals surface area contributed by atoms with Crippen LogP contribution in [-0.2, 0) is 6.54 Å². The average Bonchev–Trinajstić information content (AvgIpc) is 2.43. The van der Waals surface area contributed by atoms with Gasteiger partial charge in [0.1, 0.15) is 0 Å². The highest BCUT2D eigenvalue weighted by Crippen LogP contribution is 2.14. The minimum atomic E-state index is 0.765. The number of hydrogen-bond acceptors (Lipinski definition) is 1. The zero-order valence-corrected chi connectivity index (χ0v) is 9.82. The van der Waals surface area contributed by atoms with E-state index in [1.807, 2.05) is 11.8 Å². The van der Waals surface area contributed by atoms with Gasteiger partial charge in [0.25, 0.3) is 0 Å². The molecule has 1 unspecified atom stereocenters. The predicted octanol–water partition coefficient (Wildman–Crippen LogP) is 3.25. The summed E-state index contributed by atoms with van der Waals surface area (Å²) in [5.41, 5.74) is 2.76. The zero-order valence-electron chi connectivity index (χ0n) is 9.00. The van der Waals surface area contributed by atoms with Crippen LogP contribution in [-0.4, -0.2) is 16.1 Å². The maximum absolute atomic E-state index is 2.40. The average molecular weight is 197 g/mol. The molecule has 0 aliphatic heterocycles. The van der Waals surface area contributed by atoms with Crippen LogP contribution in [0.5, 0.6) is 0 Å². The van der Waals surface area contributed by atoms with Crippen LogP contribution < -0.4 is 0 Å². The van der Waals surface area contributed by atoms with Gasteiger partial charge in [-0.15, -0.1) is 0 Å². The first-order chi connectivity index (χ1) is 6.15. The highest BCUT2D eigenvalue weighted by molar-refractivity contribution is 7.99.